The summed E-state index contributed by atoms with van der Waals surface area (Å²) in [5.74, 6) is 5.10. The van der Waals surface area contributed by atoms with Crippen LogP contribution in [-0.2, 0) is 0 Å². The summed E-state index contributed by atoms with van der Waals surface area (Å²) in [6.45, 7) is 0. The van der Waals surface area contributed by atoms with Gasteiger partial charge in [0.1, 0.15) is 6.33 Å². The van der Waals surface area contributed by atoms with Gasteiger partial charge >= 0.3 is 0 Å². The van der Waals surface area contributed by atoms with E-state index in [1.165, 1.54) is 6.33 Å². The molecule has 0 saturated carbocycles. The number of nitrogens with zero attached hydrogens (tertiary/aromatic N) is 2. The number of rotatable bonds is 1. The Hall–Kier alpha value is -1.94. The average Bonchev–Trinajstić information content (AvgIpc) is 2.33. The third-order valence-corrected chi connectivity index (χ3v) is 1.42. The molecule has 0 amide bonds. The standard InChI is InChI=1S/C6H8N2.C4H4N2/c7-8-6-4-2-1-3-5-6;1-2-5-4-6-3-1/h1-5,8H,7H2;1-4H. The molecule has 1 aromatic heterocycles. The van der Waals surface area contributed by atoms with E-state index in [2.05, 4.69) is 15.4 Å². The molecule has 1 aromatic carbocycles. The SMILES string of the molecule is NNc1ccccc1.c1cncnc1. The smallest absolute Gasteiger partial charge is 0.115 e. The quantitative estimate of drug-likeness (QED) is 0.525. The highest BCUT2D eigenvalue weighted by atomic mass is 15.2. The monoisotopic (exact) mass is 188 g/mol. The Morgan fingerprint density at radius 2 is 1.57 bits per heavy atom. The number of aromatic nitrogens is 2. The minimum absolute atomic E-state index is 0.938. The summed E-state index contributed by atoms with van der Waals surface area (Å²) in [5, 5.41) is 0. The molecule has 0 atom stereocenters. The Balaban J connectivity index is 0.000000146. The van der Waals surface area contributed by atoms with Gasteiger partial charge in [0.05, 0.1) is 0 Å². The summed E-state index contributed by atoms with van der Waals surface area (Å²) in [4.78, 5) is 7.35. The predicted molar refractivity (Wildman–Crippen MR) is 56.3 cm³/mol. The zero-order valence-corrected chi connectivity index (χ0v) is 7.67. The highest BCUT2D eigenvalue weighted by Gasteiger charge is 1.78. The largest absolute Gasteiger partial charge is 0.324 e. The second kappa shape index (κ2) is 6.56. The zero-order valence-electron chi connectivity index (χ0n) is 7.67. The summed E-state index contributed by atoms with van der Waals surface area (Å²) in [7, 11) is 0. The van der Waals surface area contributed by atoms with Gasteiger partial charge in [-0.25, -0.2) is 9.97 Å². The Morgan fingerprint density at radius 3 is 1.86 bits per heavy atom. The molecule has 0 spiro atoms. The van der Waals surface area contributed by atoms with Gasteiger partial charge in [-0.15, -0.1) is 0 Å². The van der Waals surface area contributed by atoms with E-state index in [1.54, 1.807) is 18.5 Å². The second-order valence-electron chi connectivity index (χ2n) is 2.41. The molecule has 1 heterocycles. The van der Waals surface area contributed by atoms with Crippen molar-refractivity contribution in [2.45, 2.75) is 0 Å². The third kappa shape index (κ3) is 4.18. The van der Waals surface area contributed by atoms with Gasteiger partial charge in [0.2, 0.25) is 0 Å². The maximum absolute atomic E-state index is 5.10. The summed E-state index contributed by atoms with van der Waals surface area (Å²) in [6.07, 6.45) is 4.88. The molecule has 14 heavy (non-hydrogen) atoms. The van der Waals surface area contributed by atoms with E-state index in [4.69, 9.17) is 5.84 Å². The highest BCUT2D eigenvalue weighted by Crippen LogP contribution is 2.00. The molecule has 2 aromatic rings. The molecular formula is C10H12N4. The number of nitrogen functional groups attached to an aromatic ring is 1. The van der Waals surface area contributed by atoms with Crippen molar-refractivity contribution in [1.29, 1.82) is 0 Å². The number of benzene rings is 1. The van der Waals surface area contributed by atoms with Gasteiger partial charge in [-0.2, -0.15) is 0 Å². The molecule has 0 radical (unpaired) electrons. The van der Waals surface area contributed by atoms with Crippen LogP contribution in [0.5, 0.6) is 0 Å². The second-order valence-corrected chi connectivity index (χ2v) is 2.41. The molecule has 0 fully saturated rings. The van der Waals surface area contributed by atoms with Crippen LogP contribution in [0.2, 0.25) is 0 Å². The van der Waals surface area contributed by atoms with E-state index in [0.717, 1.165) is 5.69 Å². The van der Waals surface area contributed by atoms with Crippen molar-refractivity contribution in [3.8, 4) is 0 Å². The first-order valence-corrected chi connectivity index (χ1v) is 4.15. The fourth-order valence-electron chi connectivity index (χ4n) is 0.788. The van der Waals surface area contributed by atoms with Gasteiger partial charge in [0.25, 0.3) is 0 Å². The predicted octanol–water partition coefficient (Wildman–Crippen LogP) is 1.45. The Kier molecular flexibility index (Phi) is 4.75. The molecule has 0 saturated heterocycles. The lowest BCUT2D eigenvalue weighted by Gasteiger charge is -1.94. The maximum Gasteiger partial charge on any atom is 0.115 e. The summed E-state index contributed by atoms with van der Waals surface area (Å²) < 4.78 is 0. The topological polar surface area (TPSA) is 63.8 Å². The normalized spacial score (nSPS) is 8.36. The van der Waals surface area contributed by atoms with Gasteiger partial charge in [-0.3, -0.25) is 5.84 Å². The van der Waals surface area contributed by atoms with Gasteiger partial charge in [-0.05, 0) is 18.2 Å². The van der Waals surface area contributed by atoms with Crippen molar-refractivity contribution in [3.63, 3.8) is 0 Å². The fraction of sp³-hybridized carbons (Fsp3) is 0. The summed E-state index contributed by atoms with van der Waals surface area (Å²) >= 11 is 0. The van der Waals surface area contributed by atoms with Crippen molar-refractivity contribution in [2.24, 2.45) is 5.84 Å². The fourth-order valence-corrected chi connectivity index (χ4v) is 0.788. The van der Waals surface area contributed by atoms with Crippen molar-refractivity contribution >= 4 is 5.69 Å². The number of nitrogens with two attached hydrogens (primary N) is 1. The summed E-state index contributed by atoms with van der Waals surface area (Å²) in [6, 6.07) is 11.4. The highest BCUT2D eigenvalue weighted by molar-refractivity contribution is 5.40. The Morgan fingerprint density at radius 1 is 0.929 bits per heavy atom. The summed E-state index contributed by atoms with van der Waals surface area (Å²) in [5.41, 5.74) is 3.46. The number of para-hydroxylation sites is 1. The van der Waals surface area contributed by atoms with E-state index < -0.39 is 0 Å². The number of hydrogen-bond donors (Lipinski definition) is 2. The van der Waals surface area contributed by atoms with Gasteiger partial charge in [0, 0.05) is 18.1 Å². The van der Waals surface area contributed by atoms with E-state index in [0.29, 0.717) is 0 Å². The van der Waals surface area contributed by atoms with Crippen molar-refractivity contribution in [2.75, 3.05) is 5.43 Å². The number of hydrogen-bond acceptors (Lipinski definition) is 4. The van der Waals surface area contributed by atoms with Crippen LogP contribution in [0, 0.1) is 0 Å². The van der Waals surface area contributed by atoms with E-state index in [-0.39, 0.29) is 0 Å². The van der Waals surface area contributed by atoms with Crippen LogP contribution in [0.3, 0.4) is 0 Å². The van der Waals surface area contributed by atoms with E-state index >= 15 is 0 Å². The molecule has 2 rings (SSSR count). The molecular weight excluding hydrogens is 176 g/mol. The first-order chi connectivity index (χ1) is 6.93. The van der Waals surface area contributed by atoms with Crippen LogP contribution in [0.25, 0.3) is 0 Å². The van der Waals surface area contributed by atoms with E-state index in [9.17, 15) is 0 Å². The molecule has 0 aliphatic rings. The molecule has 4 nitrogen and oxygen atoms in total. The molecule has 72 valence electrons. The van der Waals surface area contributed by atoms with Crippen LogP contribution >= 0.6 is 0 Å². The van der Waals surface area contributed by atoms with Crippen LogP contribution in [-0.4, -0.2) is 9.97 Å². The molecule has 0 unspecified atom stereocenters. The molecule has 0 bridgehead atoms. The minimum atomic E-state index is 0.938. The minimum Gasteiger partial charge on any atom is -0.324 e. The van der Waals surface area contributed by atoms with Crippen LogP contribution in [0.4, 0.5) is 5.69 Å². The third-order valence-electron chi connectivity index (χ3n) is 1.42. The molecule has 4 heteroatoms. The van der Waals surface area contributed by atoms with Gasteiger partial charge in [-0.1, -0.05) is 18.2 Å². The average molecular weight is 188 g/mol. The lowest BCUT2D eigenvalue weighted by molar-refractivity contribution is 1.17. The van der Waals surface area contributed by atoms with Crippen LogP contribution < -0.4 is 11.3 Å². The van der Waals surface area contributed by atoms with Crippen molar-refractivity contribution < 1.29 is 0 Å². The number of anilines is 1. The van der Waals surface area contributed by atoms with Crippen LogP contribution in [0.1, 0.15) is 0 Å². The molecule has 3 N–H and O–H groups in total. The maximum atomic E-state index is 5.10. The van der Waals surface area contributed by atoms with Crippen LogP contribution in [0.15, 0.2) is 55.1 Å². The molecule has 0 aliphatic heterocycles. The number of hydrazine groups is 1. The number of nitrogens with one attached hydrogen (secondary N) is 1. The van der Waals surface area contributed by atoms with Crippen molar-refractivity contribution in [3.05, 3.63) is 55.1 Å². The van der Waals surface area contributed by atoms with Crippen molar-refractivity contribution in [1.82, 2.24) is 9.97 Å². The van der Waals surface area contributed by atoms with Gasteiger partial charge < -0.3 is 5.43 Å². The van der Waals surface area contributed by atoms with E-state index in [1.807, 2.05) is 30.3 Å². The van der Waals surface area contributed by atoms with Gasteiger partial charge in [0.15, 0.2) is 0 Å². The molecule has 0 aliphatic carbocycles. The zero-order chi connectivity index (χ0) is 10.1. The first kappa shape index (κ1) is 10.1. The lowest BCUT2D eigenvalue weighted by atomic mass is 10.3. The first-order valence-electron chi connectivity index (χ1n) is 4.15. The Labute approximate surface area is 82.8 Å². The lowest BCUT2D eigenvalue weighted by Crippen LogP contribution is -2.05. The Bertz CT molecular complexity index is 296.